The molecule has 1 unspecified atom stereocenters. The SMILES string of the molecule is CC(O)c1onc(-c2ccc(F)cc2)c1C(=O)NC1CC1. The normalized spacial score (nSPS) is 15.8. The van der Waals surface area contributed by atoms with E-state index in [1.807, 2.05) is 0 Å². The van der Waals surface area contributed by atoms with Crippen LogP contribution >= 0.6 is 0 Å². The van der Waals surface area contributed by atoms with E-state index in [0.29, 0.717) is 11.3 Å². The van der Waals surface area contributed by atoms with E-state index in [-0.39, 0.29) is 29.1 Å². The van der Waals surface area contributed by atoms with Crippen LogP contribution in [0.3, 0.4) is 0 Å². The monoisotopic (exact) mass is 290 g/mol. The van der Waals surface area contributed by atoms with Crippen LogP contribution in [0, 0.1) is 5.82 Å². The maximum Gasteiger partial charge on any atom is 0.257 e. The first kappa shape index (κ1) is 13.8. The molecule has 0 radical (unpaired) electrons. The van der Waals surface area contributed by atoms with Crippen LogP contribution in [0.2, 0.25) is 0 Å². The van der Waals surface area contributed by atoms with Gasteiger partial charge >= 0.3 is 0 Å². The maximum atomic E-state index is 13.0. The van der Waals surface area contributed by atoms with Crippen molar-refractivity contribution in [2.24, 2.45) is 0 Å². The zero-order chi connectivity index (χ0) is 15.0. The lowest BCUT2D eigenvalue weighted by molar-refractivity contribution is 0.0938. The lowest BCUT2D eigenvalue weighted by atomic mass is 10.0. The van der Waals surface area contributed by atoms with E-state index >= 15 is 0 Å². The smallest absolute Gasteiger partial charge is 0.257 e. The zero-order valence-corrected chi connectivity index (χ0v) is 11.5. The Hall–Kier alpha value is -2.21. The van der Waals surface area contributed by atoms with Crippen LogP contribution in [-0.4, -0.2) is 22.2 Å². The Morgan fingerprint density at radius 2 is 2.10 bits per heavy atom. The molecule has 110 valence electrons. The highest BCUT2D eigenvalue weighted by Crippen LogP contribution is 2.30. The number of carbonyl (C=O) groups is 1. The molecule has 2 N–H and O–H groups in total. The fraction of sp³-hybridized carbons (Fsp3) is 0.333. The van der Waals surface area contributed by atoms with E-state index in [1.54, 1.807) is 0 Å². The molecule has 1 atom stereocenters. The number of aliphatic hydroxyl groups excluding tert-OH is 1. The predicted molar refractivity (Wildman–Crippen MR) is 73.0 cm³/mol. The molecule has 1 aliphatic rings. The second kappa shape index (κ2) is 5.29. The van der Waals surface area contributed by atoms with Gasteiger partial charge in [-0.1, -0.05) is 5.16 Å². The van der Waals surface area contributed by atoms with E-state index in [4.69, 9.17) is 4.52 Å². The molecule has 6 heteroatoms. The molecule has 0 bridgehead atoms. The van der Waals surface area contributed by atoms with Gasteiger partial charge in [0.25, 0.3) is 5.91 Å². The van der Waals surface area contributed by atoms with Crippen molar-refractivity contribution < 1.29 is 18.8 Å². The van der Waals surface area contributed by atoms with Gasteiger partial charge in [-0.3, -0.25) is 4.79 Å². The van der Waals surface area contributed by atoms with Crippen molar-refractivity contribution in [3.63, 3.8) is 0 Å². The highest BCUT2D eigenvalue weighted by molar-refractivity contribution is 6.01. The fourth-order valence-electron chi connectivity index (χ4n) is 2.10. The molecule has 1 amide bonds. The van der Waals surface area contributed by atoms with Crippen LogP contribution in [0.25, 0.3) is 11.3 Å². The van der Waals surface area contributed by atoms with Gasteiger partial charge in [0.15, 0.2) is 5.76 Å². The number of hydrogen-bond donors (Lipinski definition) is 2. The van der Waals surface area contributed by atoms with Crippen molar-refractivity contribution in [3.8, 4) is 11.3 Å². The summed E-state index contributed by atoms with van der Waals surface area (Å²) in [5.74, 6) is -0.580. The Bertz CT molecular complexity index is 660. The van der Waals surface area contributed by atoms with Crippen molar-refractivity contribution in [1.82, 2.24) is 10.5 Å². The van der Waals surface area contributed by atoms with Gasteiger partial charge in [0.2, 0.25) is 0 Å². The van der Waals surface area contributed by atoms with Crippen LogP contribution < -0.4 is 5.32 Å². The number of aromatic nitrogens is 1. The van der Waals surface area contributed by atoms with Crippen molar-refractivity contribution in [3.05, 3.63) is 41.4 Å². The third-order valence-corrected chi connectivity index (χ3v) is 3.36. The van der Waals surface area contributed by atoms with Gasteiger partial charge < -0.3 is 14.9 Å². The topological polar surface area (TPSA) is 75.4 Å². The van der Waals surface area contributed by atoms with Crippen LogP contribution in [0.1, 0.15) is 42.0 Å². The molecular formula is C15H15FN2O3. The van der Waals surface area contributed by atoms with Crippen LogP contribution in [-0.2, 0) is 0 Å². The first-order valence-electron chi connectivity index (χ1n) is 6.80. The standard InChI is InChI=1S/C15H15FN2O3/c1-8(19)14-12(15(20)17-11-6-7-11)13(18-21-14)9-2-4-10(16)5-3-9/h2-5,8,11,19H,6-7H2,1H3,(H,17,20). The molecule has 1 fully saturated rings. The maximum absolute atomic E-state index is 13.0. The molecule has 1 aliphatic carbocycles. The molecule has 1 heterocycles. The molecule has 5 nitrogen and oxygen atoms in total. The second-order valence-electron chi connectivity index (χ2n) is 5.20. The number of carbonyl (C=O) groups excluding carboxylic acids is 1. The molecule has 0 spiro atoms. The molecule has 21 heavy (non-hydrogen) atoms. The molecule has 0 saturated heterocycles. The third-order valence-electron chi connectivity index (χ3n) is 3.36. The van der Waals surface area contributed by atoms with Gasteiger partial charge in [-0.2, -0.15) is 0 Å². The number of benzene rings is 1. The number of hydrogen-bond acceptors (Lipinski definition) is 4. The lowest BCUT2D eigenvalue weighted by Gasteiger charge is -2.06. The summed E-state index contributed by atoms with van der Waals surface area (Å²) in [5.41, 5.74) is 1.08. The number of nitrogens with zero attached hydrogens (tertiary/aromatic N) is 1. The first-order valence-corrected chi connectivity index (χ1v) is 6.80. The molecule has 1 saturated carbocycles. The summed E-state index contributed by atoms with van der Waals surface area (Å²) in [5, 5.41) is 16.5. The van der Waals surface area contributed by atoms with Crippen LogP contribution in [0.15, 0.2) is 28.8 Å². The zero-order valence-electron chi connectivity index (χ0n) is 11.5. The number of rotatable bonds is 4. The number of halogens is 1. The van der Waals surface area contributed by atoms with Crippen molar-refractivity contribution >= 4 is 5.91 Å². The molecule has 3 rings (SSSR count). The van der Waals surface area contributed by atoms with E-state index in [1.165, 1.54) is 31.2 Å². The van der Waals surface area contributed by atoms with Gasteiger partial charge in [-0.15, -0.1) is 0 Å². The quantitative estimate of drug-likeness (QED) is 0.906. The number of nitrogens with one attached hydrogen (secondary N) is 1. The van der Waals surface area contributed by atoms with E-state index in [9.17, 15) is 14.3 Å². The summed E-state index contributed by atoms with van der Waals surface area (Å²) >= 11 is 0. The highest BCUT2D eigenvalue weighted by atomic mass is 19.1. The number of amides is 1. The average Bonchev–Trinajstić information content (AvgIpc) is 3.14. The van der Waals surface area contributed by atoms with E-state index in [0.717, 1.165) is 12.8 Å². The van der Waals surface area contributed by atoms with Gasteiger partial charge in [-0.25, -0.2) is 4.39 Å². The largest absolute Gasteiger partial charge is 0.385 e. The Balaban J connectivity index is 2.02. The summed E-state index contributed by atoms with van der Waals surface area (Å²) < 4.78 is 18.1. The summed E-state index contributed by atoms with van der Waals surface area (Å²) in [6.45, 7) is 1.50. The van der Waals surface area contributed by atoms with Crippen LogP contribution in [0.5, 0.6) is 0 Å². The van der Waals surface area contributed by atoms with Gasteiger partial charge in [0.05, 0.1) is 0 Å². The predicted octanol–water partition coefficient (Wildman–Crippen LogP) is 2.43. The lowest BCUT2D eigenvalue weighted by Crippen LogP contribution is -2.26. The molecule has 1 aromatic carbocycles. The van der Waals surface area contributed by atoms with Crippen LogP contribution in [0.4, 0.5) is 4.39 Å². The molecule has 0 aliphatic heterocycles. The Kier molecular flexibility index (Phi) is 3.47. The minimum atomic E-state index is -0.952. The van der Waals surface area contributed by atoms with Gasteiger partial charge in [-0.05, 0) is 44.0 Å². The molecular weight excluding hydrogens is 275 g/mol. The van der Waals surface area contributed by atoms with E-state index < -0.39 is 6.10 Å². The summed E-state index contributed by atoms with van der Waals surface area (Å²) in [7, 11) is 0. The first-order chi connectivity index (χ1) is 10.1. The van der Waals surface area contributed by atoms with Crippen molar-refractivity contribution in [2.75, 3.05) is 0 Å². The Morgan fingerprint density at radius 3 is 2.67 bits per heavy atom. The van der Waals surface area contributed by atoms with E-state index in [2.05, 4.69) is 10.5 Å². The summed E-state index contributed by atoms with van der Waals surface area (Å²) in [6, 6.07) is 5.79. The van der Waals surface area contributed by atoms with Gasteiger partial charge in [0, 0.05) is 11.6 Å². The summed E-state index contributed by atoms with van der Waals surface area (Å²) in [6.07, 6.45) is 0.950. The fourth-order valence-corrected chi connectivity index (χ4v) is 2.10. The number of aliphatic hydroxyl groups is 1. The minimum Gasteiger partial charge on any atom is -0.385 e. The minimum absolute atomic E-state index is 0.118. The molecule has 1 aromatic heterocycles. The highest BCUT2D eigenvalue weighted by Gasteiger charge is 2.30. The van der Waals surface area contributed by atoms with Crippen molar-refractivity contribution in [1.29, 1.82) is 0 Å². The third kappa shape index (κ3) is 2.80. The average molecular weight is 290 g/mol. The molecule has 2 aromatic rings. The summed E-state index contributed by atoms with van der Waals surface area (Å²) in [4.78, 5) is 12.3. The second-order valence-corrected chi connectivity index (χ2v) is 5.20. The van der Waals surface area contributed by atoms with Gasteiger partial charge in [0.1, 0.15) is 23.2 Å². The van der Waals surface area contributed by atoms with Crippen molar-refractivity contribution in [2.45, 2.75) is 31.9 Å². The Morgan fingerprint density at radius 1 is 1.43 bits per heavy atom. The Labute approximate surface area is 120 Å².